The second kappa shape index (κ2) is 5.09. The number of hydrogen-bond acceptors (Lipinski definition) is 4. The van der Waals surface area contributed by atoms with Crippen LogP contribution in [0.25, 0.3) is 0 Å². The standard InChI is InChI=1S/C12H16N2O2/c13-11-6-8-14(9-7-11)16-12(15)10-4-2-1-3-5-10/h1-5,11H,6-9,13H2. The second-order valence-electron chi connectivity index (χ2n) is 4.01. The minimum Gasteiger partial charge on any atom is -0.364 e. The summed E-state index contributed by atoms with van der Waals surface area (Å²) in [5.74, 6) is -0.295. The topological polar surface area (TPSA) is 55.6 Å². The van der Waals surface area contributed by atoms with Crippen molar-refractivity contribution in [1.82, 2.24) is 5.06 Å². The third-order valence-corrected chi connectivity index (χ3v) is 2.72. The van der Waals surface area contributed by atoms with Crippen LogP contribution < -0.4 is 5.73 Å². The van der Waals surface area contributed by atoms with Crippen molar-refractivity contribution in [2.45, 2.75) is 18.9 Å². The zero-order chi connectivity index (χ0) is 11.4. The number of benzene rings is 1. The quantitative estimate of drug-likeness (QED) is 0.813. The smallest absolute Gasteiger partial charge is 0.357 e. The summed E-state index contributed by atoms with van der Waals surface area (Å²) in [6.07, 6.45) is 1.75. The molecule has 16 heavy (non-hydrogen) atoms. The lowest BCUT2D eigenvalue weighted by atomic mass is 10.1. The molecule has 2 N–H and O–H groups in total. The van der Waals surface area contributed by atoms with Gasteiger partial charge in [-0.1, -0.05) is 18.2 Å². The van der Waals surface area contributed by atoms with E-state index in [1.165, 1.54) is 0 Å². The van der Waals surface area contributed by atoms with E-state index in [2.05, 4.69) is 0 Å². The Balaban J connectivity index is 1.88. The van der Waals surface area contributed by atoms with Gasteiger partial charge in [0.15, 0.2) is 0 Å². The van der Waals surface area contributed by atoms with Crippen LogP contribution in [0.1, 0.15) is 23.2 Å². The molecule has 0 aromatic heterocycles. The van der Waals surface area contributed by atoms with Crippen molar-refractivity contribution in [3.8, 4) is 0 Å². The largest absolute Gasteiger partial charge is 0.364 e. The van der Waals surface area contributed by atoms with Gasteiger partial charge in [-0.15, -0.1) is 5.06 Å². The third kappa shape index (κ3) is 2.81. The van der Waals surface area contributed by atoms with Crippen molar-refractivity contribution >= 4 is 5.97 Å². The lowest BCUT2D eigenvalue weighted by Gasteiger charge is -2.28. The predicted molar refractivity (Wildman–Crippen MR) is 60.6 cm³/mol. The van der Waals surface area contributed by atoms with E-state index in [4.69, 9.17) is 10.6 Å². The van der Waals surface area contributed by atoms with Crippen LogP contribution in [0.2, 0.25) is 0 Å². The van der Waals surface area contributed by atoms with Gasteiger partial charge in [0.25, 0.3) is 0 Å². The molecule has 2 rings (SSSR count). The molecule has 0 radical (unpaired) electrons. The van der Waals surface area contributed by atoms with Crippen LogP contribution in [0, 0.1) is 0 Å². The molecule has 1 aliphatic rings. The van der Waals surface area contributed by atoms with Crippen molar-refractivity contribution < 1.29 is 9.63 Å². The van der Waals surface area contributed by atoms with Crippen LogP contribution in [-0.2, 0) is 4.84 Å². The molecule has 4 heteroatoms. The van der Waals surface area contributed by atoms with Crippen molar-refractivity contribution in [2.75, 3.05) is 13.1 Å². The summed E-state index contributed by atoms with van der Waals surface area (Å²) >= 11 is 0. The van der Waals surface area contributed by atoms with Gasteiger partial charge in [0.1, 0.15) is 0 Å². The Hall–Kier alpha value is -1.39. The van der Waals surface area contributed by atoms with Gasteiger partial charge in [-0.2, -0.15) is 0 Å². The highest BCUT2D eigenvalue weighted by Crippen LogP contribution is 2.10. The van der Waals surface area contributed by atoms with E-state index >= 15 is 0 Å². The summed E-state index contributed by atoms with van der Waals surface area (Å²) in [6, 6.07) is 9.25. The normalized spacial score (nSPS) is 18.3. The summed E-state index contributed by atoms with van der Waals surface area (Å²) in [7, 11) is 0. The average molecular weight is 220 g/mol. The Labute approximate surface area is 94.9 Å². The Kier molecular flexibility index (Phi) is 3.54. The van der Waals surface area contributed by atoms with Crippen molar-refractivity contribution in [2.24, 2.45) is 5.73 Å². The Morgan fingerprint density at radius 1 is 1.25 bits per heavy atom. The molecule has 1 saturated heterocycles. The van der Waals surface area contributed by atoms with Crippen LogP contribution in [0.5, 0.6) is 0 Å². The maximum absolute atomic E-state index is 11.7. The fraction of sp³-hybridized carbons (Fsp3) is 0.417. The zero-order valence-electron chi connectivity index (χ0n) is 9.13. The number of carbonyl (C=O) groups excluding carboxylic acids is 1. The van der Waals surface area contributed by atoms with E-state index in [9.17, 15) is 4.79 Å². The number of hydrogen-bond donors (Lipinski definition) is 1. The molecule has 0 atom stereocenters. The molecule has 0 saturated carbocycles. The van der Waals surface area contributed by atoms with Crippen LogP contribution in [-0.4, -0.2) is 30.2 Å². The first-order valence-electron chi connectivity index (χ1n) is 5.53. The lowest BCUT2D eigenvalue weighted by molar-refractivity contribution is -0.121. The second-order valence-corrected chi connectivity index (χ2v) is 4.01. The molecule has 0 spiro atoms. The van der Waals surface area contributed by atoms with Gasteiger partial charge in [-0.05, 0) is 25.0 Å². The van der Waals surface area contributed by atoms with E-state index in [0.29, 0.717) is 5.56 Å². The van der Waals surface area contributed by atoms with Crippen LogP contribution in [0.15, 0.2) is 30.3 Å². The fourth-order valence-corrected chi connectivity index (χ4v) is 1.71. The number of rotatable bonds is 2. The Morgan fingerprint density at radius 2 is 1.88 bits per heavy atom. The molecule has 1 aromatic carbocycles. The molecule has 0 amide bonds. The molecule has 0 unspecified atom stereocenters. The van der Waals surface area contributed by atoms with E-state index < -0.39 is 0 Å². The van der Waals surface area contributed by atoms with Gasteiger partial charge in [0, 0.05) is 19.1 Å². The van der Waals surface area contributed by atoms with Crippen molar-refractivity contribution in [3.05, 3.63) is 35.9 Å². The van der Waals surface area contributed by atoms with E-state index in [1.54, 1.807) is 17.2 Å². The number of piperidine rings is 1. The molecule has 1 fully saturated rings. The average Bonchev–Trinajstić information content (AvgIpc) is 2.33. The molecule has 4 nitrogen and oxygen atoms in total. The number of carbonyl (C=O) groups is 1. The molecule has 0 bridgehead atoms. The molecule has 1 heterocycles. The number of nitrogens with two attached hydrogens (primary N) is 1. The summed E-state index contributed by atoms with van der Waals surface area (Å²) in [6.45, 7) is 1.44. The number of hydroxylamine groups is 2. The van der Waals surface area contributed by atoms with Crippen LogP contribution in [0.4, 0.5) is 0 Å². The van der Waals surface area contributed by atoms with Gasteiger partial charge >= 0.3 is 5.97 Å². The Bertz CT molecular complexity index is 345. The van der Waals surface area contributed by atoms with Crippen molar-refractivity contribution in [3.63, 3.8) is 0 Å². The summed E-state index contributed by atoms with van der Waals surface area (Å²) in [5.41, 5.74) is 6.35. The minimum atomic E-state index is -0.295. The minimum absolute atomic E-state index is 0.242. The van der Waals surface area contributed by atoms with Crippen LogP contribution >= 0.6 is 0 Å². The molecule has 1 aliphatic heterocycles. The van der Waals surface area contributed by atoms with Gasteiger partial charge in [0.2, 0.25) is 0 Å². The number of nitrogens with zero attached hydrogens (tertiary/aromatic N) is 1. The zero-order valence-corrected chi connectivity index (χ0v) is 9.13. The summed E-state index contributed by atoms with van der Waals surface area (Å²) in [5, 5.41) is 1.69. The van der Waals surface area contributed by atoms with Crippen molar-refractivity contribution in [1.29, 1.82) is 0 Å². The highest BCUT2D eigenvalue weighted by atomic mass is 16.7. The monoisotopic (exact) mass is 220 g/mol. The maximum atomic E-state index is 11.7. The molecular weight excluding hydrogens is 204 g/mol. The van der Waals surface area contributed by atoms with E-state index in [0.717, 1.165) is 25.9 Å². The van der Waals surface area contributed by atoms with Gasteiger partial charge in [-0.25, -0.2) is 4.79 Å². The van der Waals surface area contributed by atoms with E-state index in [1.807, 2.05) is 18.2 Å². The predicted octanol–water partition coefficient (Wildman–Crippen LogP) is 1.18. The fourth-order valence-electron chi connectivity index (χ4n) is 1.71. The van der Waals surface area contributed by atoms with Gasteiger partial charge in [-0.3, -0.25) is 0 Å². The maximum Gasteiger partial charge on any atom is 0.357 e. The van der Waals surface area contributed by atoms with E-state index in [-0.39, 0.29) is 12.0 Å². The molecule has 0 aliphatic carbocycles. The first kappa shape index (κ1) is 11.1. The highest BCUT2D eigenvalue weighted by molar-refractivity contribution is 5.89. The lowest BCUT2D eigenvalue weighted by Crippen LogP contribution is -2.40. The third-order valence-electron chi connectivity index (χ3n) is 2.72. The van der Waals surface area contributed by atoms with Crippen LogP contribution in [0.3, 0.4) is 0 Å². The Morgan fingerprint density at radius 3 is 2.50 bits per heavy atom. The van der Waals surface area contributed by atoms with Gasteiger partial charge in [0.05, 0.1) is 5.56 Å². The summed E-state index contributed by atoms with van der Waals surface area (Å²) < 4.78 is 0. The van der Waals surface area contributed by atoms with Gasteiger partial charge < -0.3 is 10.6 Å². The first-order valence-corrected chi connectivity index (χ1v) is 5.53. The summed E-state index contributed by atoms with van der Waals surface area (Å²) in [4.78, 5) is 17.0. The molecular formula is C12H16N2O2. The molecule has 86 valence electrons. The highest BCUT2D eigenvalue weighted by Gasteiger charge is 2.19. The SMILES string of the molecule is NC1CCN(OC(=O)c2ccccc2)CC1. The first-order chi connectivity index (χ1) is 7.75. The molecule has 1 aromatic rings.